The maximum atomic E-state index is 13.3. The van der Waals surface area contributed by atoms with Crippen molar-refractivity contribution >= 4 is 23.6 Å². The van der Waals surface area contributed by atoms with E-state index in [2.05, 4.69) is 104 Å². The highest BCUT2D eigenvalue weighted by Gasteiger charge is 2.65. The zero-order valence-corrected chi connectivity index (χ0v) is 25.0. The Hall–Kier alpha value is -3.40. The normalized spacial score (nSPS) is 28.8. The molecule has 2 saturated carbocycles. The van der Waals surface area contributed by atoms with Gasteiger partial charge in [0.1, 0.15) is 5.75 Å². The first-order valence-corrected chi connectivity index (χ1v) is 17.3. The van der Waals surface area contributed by atoms with Crippen LogP contribution in [-0.4, -0.2) is 23.9 Å². The van der Waals surface area contributed by atoms with Crippen LogP contribution in [0.4, 0.5) is 0 Å². The summed E-state index contributed by atoms with van der Waals surface area (Å²) in [6, 6.07) is 38.7. The van der Waals surface area contributed by atoms with Crippen LogP contribution < -0.4 is 15.6 Å². The van der Waals surface area contributed by atoms with Crippen LogP contribution in [0.2, 0.25) is 0 Å². The molecule has 4 aromatic carbocycles. The molecule has 0 radical (unpaired) electrons. The molecule has 2 fully saturated rings. The minimum Gasteiger partial charge on any atom is -0.508 e. The molecular weight excluding hydrogens is 517 g/mol. The molecule has 3 aliphatic carbocycles. The molecule has 7 rings (SSSR count). The van der Waals surface area contributed by atoms with E-state index in [9.17, 15) is 10.2 Å². The number of aliphatic hydroxyl groups is 1. The van der Waals surface area contributed by atoms with E-state index in [-0.39, 0.29) is 5.41 Å². The molecule has 0 amide bonds. The van der Waals surface area contributed by atoms with Crippen molar-refractivity contribution in [1.29, 1.82) is 0 Å². The van der Waals surface area contributed by atoms with Gasteiger partial charge in [-0.3, -0.25) is 0 Å². The van der Waals surface area contributed by atoms with Crippen molar-refractivity contribution in [2.75, 3.05) is 0 Å². The van der Waals surface area contributed by atoms with E-state index in [1.165, 1.54) is 26.7 Å². The third-order valence-electron chi connectivity index (χ3n) is 11.4. The molecular formula is C38H40O2Si. The van der Waals surface area contributed by atoms with Gasteiger partial charge >= 0.3 is 0 Å². The summed E-state index contributed by atoms with van der Waals surface area (Å²) >= 11 is 0. The molecule has 2 nitrogen and oxygen atoms in total. The van der Waals surface area contributed by atoms with Crippen LogP contribution in [0.25, 0.3) is 0 Å². The summed E-state index contributed by atoms with van der Waals surface area (Å²) in [7, 11) is -2.87. The molecule has 0 saturated heterocycles. The number of benzene rings is 4. The smallest absolute Gasteiger partial charge is 0.177 e. The molecule has 3 heteroatoms. The van der Waals surface area contributed by atoms with Gasteiger partial charge < -0.3 is 10.2 Å². The number of phenolic OH excluding ortho intramolecular Hbond substituents is 1. The van der Waals surface area contributed by atoms with E-state index < -0.39 is 13.7 Å². The minimum absolute atomic E-state index is 0.240. The number of hydrogen-bond donors (Lipinski definition) is 2. The predicted octanol–water partition coefficient (Wildman–Crippen LogP) is 6.25. The number of aryl methyl sites for hydroxylation is 1. The van der Waals surface area contributed by atoms with E-state index in [0.717, 1.165) is 43.7 Å². The lowest BCUT2D eigenvalue weighted by molar-refractivity contribution is -0.0741. The fraction of sp³-hybridized carbons (Fsp3) is 0.316. The maximum Gasteiger partial charge on any atom is 0.177 e. The lowest BCUT2D eigenvalue weighted by atomic mass is 9.53. The van der Waals surface area contributed by atoms with E-state index in [0.29, 0.717) is 23.5 Å². The third-order valence-corrected chi connectivity index (χ3v) is 16.4. The van der Waals surface area contributed by atoms with Crippen molar-refractivity contribution in [2.24, 2.45) is 17.3 Å². The summed E-state index contributed by atoms with van der Waals surface area (Å²) in [6.45, 7) is 7.37. The number of fused-ring (bicyclic) bond motifs is 5. The fourth-order valence-corrected chi connectivity index (χ4v) is 14.6. The van der Waals surface area contributed by atoms with Gasteiger partial charge in [0, 0.05) is 5.41 Å². The van der Waals surface area contributed by atoms with Crippen LogP contribution in [0.5, 0.6) is 5.75 Å². The molecule has 0 bridgehead atoms. The van der Waals surface area contributed by atoms with Crippen molar-refractivity contribution in [3.8, 4) is 5.75 Å². The van der Waals surface area contributed by atoms with Crippen LogP contribution >= 0.6 is 0 Å². The molecule has 0 heterocycles. The first-order chi connectivity index (χ1) is 19.9. The van der Waals surface area contributed by atoms with Crippen molar-refractivity contribution in [3.05, 3.63) is 132 Å². The molecule has 2 N–H and O–H groups in total. The van der Waals surface area contributed by atoms with Crippen LogP contribution in [0.15, 0.2) is 121 Å². The highest BCUT2D eigenvalue weighted by atomic mass is 28.3. The standard InChI is InChI=1S/C38H40O2Si/c1-27(41(30-12-6-3-7-13-30,31-14-8-4-9-15-31)32-16-10-5-11-17-32)38(40)25-23-36-35-20-18-28-26-29(39)19-21-33(28)34(35)22-24-37(36,38)2/h3-17,19,21,26,34-36,39-40H,1,18,20,22-25H2,2H3/t34-,35-,36+,37+,38-/m1/s1. The van der Waals surface area contributed by atoms with Gasteiger partial charge in [-0.2, -0.15) is 0 Å². The molecule has 0 unspecified atom stereocenters. The van der Waals surface area contributed by atoms with E-state index in [1.54, 1.807) is 0 Å². The second-order valence-electron chi connectivity index (χ2n) is 13.0. The van der Waals surface area contributed by atoms with Gasteiger partial charge in [-0.15, -0.1) is 0 Å². The SMILES string of the molecule is C=C([C@]1(O)CC[C@H]2[C@@H]3CCc4cc(O)ccc4[C@H]3CC[C@@]21C)[Si](c1ccccc1)(c1ccccc1)c1ccccc1. The zero-order valence-electron chi connectivity index (χ0n) is 24.0. The molecule has 3 aliphatic rings. The first kappa shape index (κ1) is 26.5. The van der Waals surface area contributed by atoms with Gasteiger partial charge in [0.2, 0.25) is 0 Å². The number of phenols is 1. The zero-order chi connectivity index (χ0) is 28.2. The number of hydrogen-bond acceptors (Lipinski definition) is 2. The molecule has 0 aromatic heterocycles. The van der Waals surface area contributed by atoms with Gasteiger partial charge in [-0.25, -0.2) is 0 Å². The topological polar surface area (TPSA) is 40.5 Å². The molecule has 41 heavy (non-hydrogen) atoms. The Balaban J connectivity index is 1.37. The summed E-state index contributed by atoms with van der Waals surface area (Å²) in [6.07, 6.45) is 5.98. The van der Waals surface area contributed by atoms with Gasteiger partial charge in [-0.1, -0.05) is 111 Å². The summed E-state index contributed by atoms with van der Waals surface area (Å²) < 4.78 is 0. The van der Waals surface area contributed by atoms with Gasteiger partial charge in [-0.05, 0) is 100 Å². The van der Waals surface area contributed by atoms with E-state index in [1.807, 2.05) is 12.1 Å². The second kappa shape index (κ2) is 9.86. The minimum atomic E-state index is -2.87. The van der Waals surface area contributed by atoms with Crippen LogP contribution in [0.1, 0.15) is 56.1 Å². The van der Waals surface area contributed by atoms with Crippen molar-refractivity contribution in [3.63, 3.8) is 0 Å². The average Bonchev–Trinajstić information content (AvgIpc) is 3.30. The number of aromatic hydroxyl groups is 1. The Morgan fingerprint density at radius 1 is 0.756 bits per heavy atom. The molecule has 208 valence electrons. The van der Waals surface area contributed by atoms with Crippen molar-refractivity contribution in [2.45, 2.75) is 57.0 Å². The molecule has 0 aliphatic heterocycles. The summed E-state index contributed by atoms with van der Waals surface area (Å²) in [5, 5.41) is 28.3. The van der Waals surface area contributed by atoms with Gasteiger partial charge in [0.05, 0.1) is 5.60 Å². The third kappa shape index (κ3) is 3.78. The fourth-order valence-electron chi connectivity index (χ4n) is 9.48. The van der Waals surface area contributed by atoms with Crippen LogP contribution in [-0.2, 0) is 6.42 Å². The van der Waals surface area contributed by atoms with E-state index in [4.69, 9.17) is 6.58 Å². The summed E-state index contributed by atoms with van der Waals surface area (Å²) in [4.78, 5) is 0. The number of rotatable bonds is 5. The lowest BCUT2D eigenvalue weighted by Crippen LogP contribution is -2.73. The Labute approximate surface area is 245 Å². The molecule has 5 atom stereocenters. The first-order valence-electron chi connectivity index (χ1n) is 15.3. The Kier molecular flexibility index (Phi) is 6.37. The maximum absolute atomic E-state index is 13.3. The summed E-state index contributed by atoms with van der Waals surface area (Å²) in [5.74, 6) is 1.87. The lowest BCUT2D eigenvalue weighted by Gasteiger charge is -2.55. The molecule has 0 spiro atoms. The van der Waals surface area contributed by atoms with Crippen molar-refractivity contribution < 1.29 is 10.2 Å². The highest BCUT2D eigenvalue weighted by Crippen LogP contribution is 2.66. The molecule has 4 aromatic rings. The second-order valence-corrected chi connectivity index (χ2v) is 16.8. The Bertz CT molecular complexity index is 1470. The largest absolute Gasteiger partial charge is 0.508 e. The summed E-state index contributed by atoms with van der Waals surface area (Å²) in [5.41, 5.74) is 1.54. The van der Waals surface area contributed by atoms with Gasteiger partial charge in [0.25, 0.3) is 0 Å². The highest BCUT2D eigenvalue weighted by molar-refractivity contribution is 7.16. The Morgan fingerprint density at radius 2 is 1.32 bits per heavy atom. The van der Waals surface area contributed by atoms with E-state index >= 15 is 0 Å². The van der Waals surface area contributed by atoms with Crippen molar-refractivity contribution in [1.82, 2.24) is 0 Å². The monoisotopic (exact) mass is 556 g/mol. The van der Waals surface area contributed by atoms with Crippen LogP contribution in [0.3, 0.4) is 0 Å². The van der Waals surface area contributed by atoms with Crippen LogP contribution in [0, 0.1) is 17.3 Å². The Morgan fingerprint density at radius 3 is 1.88 bits per heavy atom. The van der Waals surface area contributed by atoms with Gasteiger partial charge in [0.15, 0.2) is 8.07 Å². The average molecular weight is 557 g/mol. The quantitative estimate of drug-likeness (QED) is 0.226. The predicted molar refractivity (Wildman–Crippen MR) is 171 cm³/mol.